The van der Waals surface area contributed by atoms with Gasteiger partial charge in [-0.2, -0.15) is 15.0 Å². The zero-order valence-electron chi connectivity index (χ0n) is 18.4. The predicted octanol–water partition coefficient (Wildman–Crippen LogP) is 6.18. The fraction of sp³-hybridized carbons (Fsp3) is 0.192. The van der Waals surface area contributed by atoms with Gasteiger partial charge in [0, 0.05) is 17.8 Å². The molecular weight excluding hydrogens is 382 g/mol. The maximum atomic E-state index is 4.70. The van der Waals surface area contributed by atoms with Gasteiger partial charge in [-0.1, -0.05) is 59.7 Å². The number of anilines is 4. The summed E-state index contributed by atoms with van der Waals surface area (Å²) in [5, 5.41) is 6.70. The summed E-state index contributed by atoms with van der Waals surface area (Å²) in [4.78, 5) is 14.0. The van der Waals surface area contributed by atoms with Crippen molar-refractivity contribution in [2.75, 3.05) is 10.6 Å². The van der Waals surface area contributed by atoms with Crippen molar-refractivity contribution in [1.29, 1.82) is 0 Å². The molecule has 0 fully saturated rings. The van der Waals surface area contributed by atoms with E-state index in [0.717, 1.165) is 16.9 Å². The topological polar surface area (TPSA) is 62.7 Å². The molecule has 2 N–H and O–H groups in total. The molecule has 5 nitrogen and oxygen atoms in total. The molecule has 156 valence electrons. The lowest BCUT2D eigenvalue weighted by molar-refractivity contribution is 0.931. The third-order valence-corrected chi connectivity index (χ3v) is 5.03. The van der Waals surface area contributed by atoms with Gasteiger partial charge in [0.1, 0.15) is 5.82 Å². The lowest BCUT2D eigenvalue weighted by Crippen LogP contribution is -2.08. The molecule has 4 aromatic rings. The van der Waals surface area contributed by atoms with E-state index < -0.39 is 0 Å². The SMILES string of the molecule is Cc1cccc(Cc2nc(Nc3cccc(C)c3)nc(Nc3ccc(C)cc3C)n2)c1. The summed E-state index contributed by atoms with van der Waals surface area (Å²) in [5.74, 6) is 1.76. The molecular formula is C26H27N5. The summed E-state index contributed by atoms with van der Waals surface area (Å²) in [5.41, 5.74) is 7.87. The van der Waals surface area contributed by atoms with Crippen LogP contribution in [0.25, 0.3) is 0 Å². The van der Waals surface area contributed by atoms with Crippen LogP contribution in [-0.2, 0) is 6.42 Å². The maximum Gasteiger partial charge on any atom is 0.232 e. The van der Waals surface area contributed by atoms with Gasteiger partial charge in [0.2, 0.25) is 11.9 Å². The summed E-state index contributed by atoms with van der Waals surface area (Å²) in [6.45, 7) is 8.32. The van der Waals surface area contributed by atoms with Crippen molar-refractivity contribution in [2.24, 2.45) is 0 Å². The number of rotatable bonds is 6. The Morgan fingerprint density at radius 1 is 0.645 bits per heavy atom. The van der Waals surface area contributed by atoms with E-state index in [1.54, 1.807) is 0 Å². The number of aromatic nitrogens is 3. The Balaban J connectivity index is 1.68. The predicted molar refractivity (Wildman–Crippen MR) is 127 cm³/mol. The molecule has 0 radical (unpaired) electrons. The molecule has 3 aromatic carbocycles. The first kappa shape index (κ1) is 20.5. The molecule has 1 heterocycles. The number of benzene rings is 3. The second-order valence-electron chi connectivity index (χ2n) is 8.00. The summed E-state index contributed by atoms with van der Waals surface area (Å²) in [6.07, 6.45) is 0.633. The second-order valence-corrected chi connectivity index (χ2v) is 8.00. The van der Waals surface area contributed by atoms with E-state index in [1.165, 1.54) is 22.3 Å². The maximum absolute atomic E-state index is 4.70. The van der Waals surface area contributed by atoms with Gasteiger partial charge >= 0.3 is 0 Å². The fourth-order valence-corrected chi connectivity index (χ4v) is 3.54. The van der Waals surface area contributed by atoms with Gasteiger partial charge in [-0.25, -0.2) is 0 Å². The first-order chi connectivity index (χ1) is 14.9. The van der Waals surface area contributed by atoms with Crippen molar-refractivity contribution >= 4 is 23.3 Å². The standard InChI is InChI=1S/C26H27N5/c1-17-7-5-9-21(14-17)16-24-29-25(27-22-10-6-8-18(2)15-22)31-26(30-24)28-23-12-11-19(3)13-20(23)4/h5-15H,16H2,1-4H3,(H2,27,28,29,30,31). The molecule has 0 aliphatic rings. The van der Waals surface area contributed by atoms with Gasteiger partial charge < -0.3 is 10.6 Å². The highest BCUT2D eigenvalue weighted by Crippen LogP contribution is 2.22. The summed E-state index contributed by atoms with van der Waals surface area (Å²) in [6, 6.07) is 22.9. The molecule has 0 atom stereocenters. The van der Waals surface area contributed by atoms with E-state index >= 15 is 0 Å². The Morgan fingerprint density at radius 2 is 1.32 bits per heavy atom. The smallest absolute Gasteiger partial charge is 0.232 e. The monoisotopic (exact) mass is 409 g/mol. The molecule has 0 aliphatic carbocycles. The van der Waals surface area contributed by atoms with E-state index in [9.17, 15) is 0 Å². The summed E-state index contributed by atoms with van der Waals surface area (Å²) in [7, 11) is 0. The molecule has 0 aliphatic heterocycles. The lowest BCUT2D eigenvalue weighted by Gasteiger charge is -2.13. The Kier molecular flexibility index (Phi) is 5.94. The Hall–Kier alpha value is -3.73. The average Bonchev–Trinajstić information content (AvgIpc) is 2.70. The molecule has 0 unspecified atom stereocenters. The van der Waals surface area contributed by atoms with Crippen molar-refractivity contribution in [1.82, 2.24) is 15.0 Å². The van der Waals surface area contributed by atoms with Crippen LogP contribution in [0.5, 0.6) is 0 Å². The van der Waals surface area contributed by atoms with Crippen LogP contribution < -0.4 is 10.6 Å². The number of hydrogen-bond acceptors (Lipinski definition) is 5. The minimum Gasteiger partial charge on any atom is -0.324 e. The highest BCUT2D eigenvalue weighted by atomic mass is 15.2. The van der Waals surface area contributed by atoms with Gasteiger partial charge in [-0.3, -0.25) is 0 Å². The van der Waals surface area contributed by atoms with Gasteiger partial charge in [0.05, 0.1) is 0 Å². The largest absolute Gasteiger partial charge is 0.324 e. The van der Waals surface area contributed by atoms with Crippen LogP contribution >= 0.6 is 0 Å². The van der Waals surface area contributed by atoms with E-state index in [4.69, 9.17) is 4.98 Å². The van der Waals surface area contributed by atoms with Crippen LogP contribution in [0.1, 0.15) is 33.6 Å². The third kappa shape index (κ3) is 5.45. The highest BCUT2D eigenvalue weighted by Gasteiger charge is 2.10. The van der Waals surface area contributed by atoms with E-state index in [0.29, 0.717) is 24.1 Å². The molecule has 0 amide bonds. The first-order valence-corrected chi connectivity index (χ1v) is 10.4. The highest BCUT2D eigenvalue weighted by molar-refractivity contribution is 5.61. The number of nitrogens with one attached hydrogen (secondary N) is 2. The fourth-order valence-electron chi connectivity index (χ4n) is 3.54. The molecule has 5 heteroatoms. The van der Waals surface area contributed by atoms with Crippen molar-refractivity contribution in [2.45, 2.75) is 34.1 Å². The quantitative estimate of drug-likeness (QED) is 0.398. The number of hydrogen-bond donors (Lipinski definition) is 2. The van der Waals surface area contributed by atoms with Crippen molar-refractivity contribution in [3.8, 4) is 0 Å². The van der Waals surface area contributed by atoms with Gasteiger partial charge in [-0.05, 0) is 62.6 Å². The van der Waals surface area contributed by atoms with Crippen LogP contribution in [0, 0.1) is 27.7 Å². The van der Waals surface area contributed by atoms with Crippen LogP contribution in [0.3, 0.4) is 0 Å². The number of nitrogens with zero attached hydrogens (tertiary/aromatic N) is 3. The Labute approximate surface area is 183 Å². The molecule has 0 saturated carbocycles. The van der Waals surface area contributed by atoms with Gasteiger partial charge in [0.15, 0.2) is 0 Å². The Morgan fingerprint density at radius 3 is 2.03 bits per heavy atom. The summed E-state index contributed by atoms with van der Waals surface area (Å²) < 4.78 is 0. The van der Waals surface area contributed by atoms with E-state index in [-0.39, 0.29) is 0 Å². The van der Waals surface area contributed by atoms with Crippen LogP contribution in [0.4, 0.5) is 23.3 Å². The van der Waals surface area contributed by atoms with Crippen molar-refractivity contribution < 1.29 is 0 Å². The molecule has 0 bridgehead atoms. The lowest BCUT2D eigenvalue weighted by atomic mass is 10.1. The minimum absolute atomic E-state index is 0.524. The van der Waals surface area contributed by atoms with E-state index in [1.807, 2.05) is 12.1 Å². The summed E-state index contributed by atoms with van der Waals surface area (Å²) >= 11 is 0. The zero-order valence-corrected chi connectivity index (χ0v) is 18.4. The molecule has 4 rings (SSSR count). The normalized spacial score (nSPS) is 10.7. The first-order valence-electron chi connectivity index (χ1n) is 10.4. The minimum atomic E-state index is 0.524. The second kappa shape index (κ2) is 8.96. The third-order valence-electron chi connectivity index (χ3n) is 5.03. The molecule has 1 aromatic heterocycles. The van der Waals surface area contributed by atoms with E-state index in [2.05, 4.69) is 103 Å². The van der Waals surface area contributed by atoms with Crippen LogP contribution in [0.2, 0.25) is 0 Å². The van der Waals surface area contributed by atoms with Crippen LogP contribution in [0.15, 0.2) is 66.7 Å². The molecule has 0 saturated heterocycles. The number of aryl methyl sites for hydroxylation is 4. The molecule has 31 heavy (non-hydrogen) atoms. The van der Waals surface area contributed by atoms with Crippen molar-refractivity contribution in [3.63, 3.8) is 0 Å². The van der Waals surface area contributed by atoms with Gasteiger partial charge in [0.25, 0.3) is 0 Å². The van der Waals surface area contributed by atoms with Crippen molar-refractivity contribution in [3.05, 3.63) is 100 Å². The van der Waals surface area contributed by atoms with Crippen LogP contribution in [-0.4, -0.2) is 15.0 Å². The zero-order chi connectivity index (χ0) is 21.8. The average molecular weight is 410 g/mol. The molecule has 0 spiro atoms. The Bertz CT molecular complexity index is 1150. The van der Waals surface area contributed by atoms with Gasteiger partial charge in [-0.15, -0.1) is 0 Å².